The van der Waals surface area contributed by atoms with Crippen molar-refractivity contribution in [3.8, 4) is 0 Å². The van der Waals surface area contributed by atoms with Gasteiger partial charge in [-0.25, -0.2) is 0 Å². The number of nitrogens with zero attached hydrogens (tertiary/aromatic N) is 5. The van der Waals surface area contributed by atoms with Crippen LogP contribution in [0.25, 0.3) is 0 Å². The Kier molecular flexibility index (Phi) is 6.89. The van der Waals surface area contributed by atoms with Gasteiger partial charge < -0.3 is 18.6 Å². The fourth-order valence-corrected chi connectivity index (χ4v) is 4.65. The van der Waals surface area contributed by atoms with Gasteiger partial charge in [0.1, 0.15) is 12.1 Å². The summed E-state index contributed by atoms with van der Waals surface area (Å²) in [6.07, 6.45) is 5.66. The first-order valence-corrected chi connectivity index (χ1v) is 11.2. The first kappa shape index (κ1) is 20.4. The lowest BCUT2D eigenvalue weighted by Crippen LogP contribution is -2.41. The molecule has 0 atom stereocenters. The summed E-state index contributed by atoms with van der Waals surface area (Å²) in [6.45, 7) is 5.80. The number of ether oxygens (including phenoxy) is 1. The van der Waals surface area contributed by atoms with Gasteiger partial charge in [0.25, 0.3) is 0 Å². The Hall–Kier alpha value is -1.84. The van der Waals surface area contributed by atoms with Crippen molar-refractivity contribution in [1.29, 1.82) is 0 Å². The van der Waals surface area contributed by atoms with Gasteiger partial charge in [0.2, 0.25) is 5.91 Å². The van der Waals surface area contributed by atoms with E-state index in [1.54, 1.807) is 6.33 Å². The van der Waals surface area contributed by atoms with Crippen LogP contribution in [0.2, 0.25) is 0 Å². The number of likely N-dealkylation sites (tertiary alicyclic amines) is 1. The molecule has 4 heterocycles. The van der Waals surface area contributed by atoms with E-state index in [1.165, 1.54) is 11.8 Å². The van der Waals surface area contributed by atoms with Crippen LogP contribution in [-0.4, -0.2) is 69.9 Å². The number of furan rings is 1. The number of piperidine rings is 1. The monoisotopic (exact) mass is 419 g/mol. The highest BCUT2D eigenvalue weighted by molar-refractivity contribution is 7.99. The lowest BCUT2D eigenvalue weighted by atomic mass is 9.92. The molecule has 8 nitrogen and oxygen atoms in total. The van der Waals surface area contributed by atoms with Crippen molar-refractivity contribution in [2.24, 2.45) is 13.0 Å². The third-order valence-electron chi connectivity index (χ3n) is 5.72. The summed E-state index contributed by atoms with van der Waals surface area (Å²) in [5.41, 5.74) is 0. The summed E-state index contributed by atoms with van der Waals surface area (Å²) in [4.78, 5) is 16.7. The lowest BCUT2D eigenvalue weighted by molar-refractivity contribution is -0.135. The molecule has 2 saturated heterocycles. The topological polar surface area (TPSA) is 76.6 Å². The smallest absolute Gasteiger partial charge is 0.222 e. The van der Waals surface area contributed by atoms with Gasteiger partial charge in [0, 0.05) is 26.6 Å². The molecule has 0 saturated carbocycles. The minimum atomic E-state index is 0.291. The normalized spacial score (nSPS) is 19.0. The van der Waals surface area contributed by atoms with Gasteiger partial charge in [-0.1, -0.05) is 0 Å². The van der Waals surface area contributed by atoms with E-state index >= 15 is 0 Å². The van der Waals surface area contributed by atoms with Crippen molar-refractivity contribution in [3.63, 3.8) is 0 Å². The zero-order valence-corrected chi connectivity index (χ0v) is 17.8. The van der Waals surface area contributed by atoms with Crippen molar-refractivity contribution in [1.82, 2.24) is 24.6 Å². The van der Waals surface area contributed by atoms with E-state index < -0.39 is 0 Å². The number of morpholine rings is 1. The quantitative estimate of drug-likeness (QED) is 0.682. The van der Waals surface area contributed by atoms with E-state index in [2.05, 4.69) is 15.1 Å². The van der Waals surface area contributed by atoms with Crippen LogP contribution in [0.4, 0.5) is 0 Å². The summed E-state index contributed by atoms with van der Waals surface area (Å²) >= 11 is 1.49. The number of carbonyl (C=O) groups excluding carboxylic acids is 1. The maximum absolute atomic E-state index is 12.3. The molecule has 158 valence electrons. The van der Waals surface area contributed by atoms with Crippen LogP contribution in [0.5, 0.6) is 0 Å². The standard InChI is InChI=1S/C20H29N5O3S/c1-23-15-21-22-20(23)29-19-5-3-17(28-19)14-24-8-6-16(7-9-24)2-4-18(26)25-10-12-27-13-11-25/h3,5,15-16H,2,4,6-14H2,1H3. The Labute approximate surface area is 175 Å². The van der Waals surface area contributed by atoms with E-state index in [4.69, 9.17) is 9.15 Å². The molecule has 0 bridgehead atoms. The van der Waals surface area contributed by atoms with Gasteiger partial charge in [-0.05, 0) is 62.2 Å². The van der Waals surface area contributed by atoms with Crippen LogP contribution in [0.1, 0.15) is 31.4 Å². The SMILES string of the molecule is Cn1cnnc1Sc1ccc(CN2CCC(CCC(=O)N3CCOCC3)CC2)o1. The molecule has 2 aromatic rings. The number of carbonyl (C=O) groups is 1. The zero-order chi connectivity index (χ0) is 20.1. The second-order valence-corrected chi connectivity index (χ2v) is 8.77. The molecule has 2 aliphatic heterocycles. The molecule has 29 heavy (non-hydrogen) atoms. The van der Waals surface area contributed by atoms with E-state index in [0.29, 0.717) is 31.5 Å². The predicted molar refractivity (Wildman–Crippen MR) is 108 cm³/mol. The molecule has 0 N–H and O–H groups in total. The highest BCUT2D eigenvalue weighted by atomic mass is 32.2. The fourth-order valence-electron chi connectivity index (χ4n) is 3.91. The Morgan fingerprint density at radius 1 is 1.21 bits per heavy atom. The average Bonchev–Trinajstić information content (AvgIpc) is 3.37. The van der Waals surface area contributed by atoms with Crippen LogP contribution in [0, 0.1) is 5.92 Å². The summed E-state index contributed by atoms with van der Waals surface area (Å²) in [5, 5.41) is 9.63. The number of rotatable bonds is 7. The van der Waals surface area contributed by atoms with Gasteiger partial charge in [0.05, 0.1) is 19.8 Å². The molecule has 2 aliphatic rings. The number of aryl methyl sites for hydroxylation is 1. The van der Waals surface area contributed by atoms with Crippen molar-refractivity contribution < 1.29 is 13.9 Å². The molecule has 9 heteroatoms. The Morgan fingerprint density at radius 2 is 2.00 bits per heavy atom. The molecule has 0 aliphatic carbocycles. The molecule has 0 unspecified atom stereocenters. The molecular formula is C20H29N5O3S. The predicted octanol–water partition coefficient (Wildman–Crippen LogP) is 2.41. The molecule has 0 spiro atoms. The number of aromatic nitrogens is 3. The molecule has 0 aromatic carbocycles. The zero-order valence-electron chi connectivity index (χ0n) is 17.0. The van der Waals surface area contributed by atoms with Gasteiger partial charge in [0.15, 0.2) is 10.2 Å². The van der Waals surface area contributed by atoms with Crippen LogP contribution >= 0.6 is 11.8 Å². The molecule has 0 radical (unpaired) electrons. The number of hydrogen-bond acceptors (Lipinski definition) is 7. The van der Waals surface area contributed by atoms with E-state index in [1.807, 2.05) is 28.6 Å². The van der Waals surface area contributed by atoms with Crippen LogP contribution < -0.4 is 0 Å². The third-order valence-corrected chi connectivity index (χ3v) is 6.69. The highest BCUT2D eigenvalue weighted by Gasteiger charge is 2.23. The van der Waals surface area contributed by atoms with E-state index in [-0.39, 0.29) is 0 Å². The minimum absolute atomic E-state index is 0.291. The molecular weight excluding hydrogens is 390 g/mol. The Bertz CT molecular complexity index is 794. The third kappa shape index (κ3) is 5.61. The van der Waals surface area contributed by atoms with Crippen LogP contribution in [0.15, 0.2) is 33.1 Å². The van der Waals surface area contributed by atoms with Crippen LogP contribution in [-0.2, 0) is 23.1 Å². The first-order chi connectivity index (χ1) is 14.2. The number of amides is 1. The number of hydrogen-bond donors (Lipinski definition) is 0. The largest absolute Gasteiger partial charge is 0.453 e. The van der Waals surface area contributed by atoms with Gasteiger partial charge in [-0.3, -0.25) is 9.69 Å². The second kappa shape index (κ2) is 9.77. The summed E-state index contributed by atoms with van der Waals surface area (Å²) in [7, 11) is 1.92. The van der Waals surface area contributed by atoms with Gasteiger partial charge >= 0.3 is 0 Å². The highest BCUT2D eigenvalue weighted by Crippen LogP contribution is 2.29. The Balaban J connectivity index is 1.17. The lowest BCUT2D eigenvalue weighted by Gasteiger charge is -2.32. The minimum Gasteiger partial charge on any atom is -0.453 e. The molecule has 1 amide bonds. The van der Waals surface area contributed by atoms with Gasteiger partial charge in [-0.2, -0.15) is 0 Å². The van der Waals surface area contributed by atoms with Crippen LogP contribution in [0.3, 0.4) is 0 Å². The van der Waals surface area contributed by atoms with Gasteiger partial charge in [-0.15, -0.1) is 10.2 Å². The maximum atomic E-state index is 12.3. The summed E-state index contributed by atoms with van der Waals surface area (Å²) in [6, 6.07) is 4.05. The molecule has 2 fully saturated rings. The maximum Gasteiger partial charge on any atom is 0.222 e. The van der Waals surface area contributed by atoms with Crippen molar-refractivity contribution >= 4 is 17.7 Å². The second-order valence-electron chi connectivity index (χ2n) is 7.80. The summed E-state index contributed by atoms with van der Waals surface area (Å²) in [5.74, 6) is 1.92. The Morgan fingerprint density at radius 3 is 2.72 bits per heavy atom. The van der Waals surface area contributed by atoms with Crippen molar-refractivity contribution in [3.05, 3.63) is 24.2 Å². The van der Waals surface area contributed by atoms with E-state index in [0.717, 1.165) is 68.0 Å². The first-order valence-electron chi connectivity index (χ1n) is 10.4. The van der Waals surface area contributed by atoms with Crippen molar-refractivity contribution in [2.45, 2.75) is 42.5 Å². The summed E-state index contributed by atoms with van der Waals surface area (Å²) < 4.78 is 13.2. The average molecular weight is 420 g/mol. The van der Waals surface area contributed by atoms with E-state index in [9.17, 15) is 4.79 Å². The molecule has 2 aromatic heterocycles. The fraction of sp³-hybridized carbons (Fsp3) is 0.650. The molecule has 4 rings (SSSR count). The van der Waals surface area contributed by atoms with Crippen molar-refractivity contribution in [2.75, 3.05) is 39.4 Å².